The molecule has 2 heterocycles. The maximum absolute atomic E-state index is 12.3. The predicted octanol–water partition coefficient (Wildman–Crippen LogP) is 2.40. The molecule has 1 unspecified atom stereocenters. The number of anilines is 1. The zero-order valence-electron chi connectivity index (χ0n) is 14.6. The Morgan fingerprint density at radius 1 is 1.27 bits per heavy atom. The minimum absolute atomic E-state index is 0.0562. The lowest BCUT2D eigenvalue weighted by Crippen LogP contribution is -2.49. The summed E-state index contributed by atoms with van der Waals surface area (Å²) in [5.41, 5.74) is 1.39. The zero-order chi connectivity index (χ0) is 18.4. The number of hydrogen-bond acceptors (Lipinski definition) is 4. The van der Waals surface area contributed by atoms with Gasteiger partial charge in [0.25, 0.3) is 0 Å². The Kier molecular flexibility index (Phi) is 5.68. The van der Waals surface area contributed by atoms with Gasteiger partial charge in [0.15, 0.2) is 0 Å². The van der Waals surface area contributed by atoms with Crippen molar-refractivity contribution in [3.63, 3.8) is 0 Å². The number of nitrogens with zero attached hydrogens (tertiary/aromatic N) is 2. The summed E-state index contributed by atoms with van der Waals surface area (Å²) in [7, 11) is 1.74. The summed E-state index contributed by atoms with van der Waals surface area (Å²) >= 11 is 0. The van der Waals surface area contributed by atoms with Gasteiger partial charge < -0.3 is 20.3 Å². The number of urea groups is 1. The first kappa shape index (κ1) is 17.7. The number of hydrogen-bond donors (Lipinski definition) is 2. The number of amides is 3. The highest BCUT2D eigenvalue weighted by Gasteiger charge is 2.24. The molecule has 0 aliphatic carbocycles. The van der Waals surface area contributed by atoms with Gasteiger partial charge in [-0.2, -0.15) is 0 Å². The van der Waals surface area contributed by atoms with Crippen molar-refractivity contribution in [2.75, 3.05) is 18.9 Å². The third kappa shape index (κ3) is 4.72. The number of likely N-dealkylation sites (N-methyl/N-ethyl adjacent to an activating group) is 1. The molecule has 1 aliphatic heterocycles. The number of nitrogens with one attached hydrogen (secondary N) is 2. The molecule has 1 aromatic heterocycles. The van der Waals surface area contributed by atoms with Gasteiger partial charge in [-0.25, -0.2) is 4.79 Å². The molecule has 0 bridgehead atoms. The Balaban J connectivity index is 1.57. The number of ether oxygens (including phenoxy) is 1. The second kappa shape index (κ2) is 8.33. The van der Waals surface area contributed by atoms with Crippen LogP contribution in [-0.2, 0) is 11.4 Å². The molecule has 0 spiro atoms. The highest BCUT2D eigenvalue weighted by Crippen LogP contribution is 2.24. The summed E-state index contributed by atoms with van der Waals surface area (Å²) in [6.45, 7) is 0.834. The van der Waals surface area contributed by atoms with Crippen LogP contribution in [0, 0.1) is 0 Å². The largest absolute Gasteiger partial charge is 0.485 e. The maximum Gasteiger partial charge on any atom is 0.319 e. The molecular weight excluding hydrogens is 332 g/mol. The van der Waals surface area contributed by atoms with Crippen molar-refractivity contribution in [1.82, 2.24) is 15.2 Å². The molecule has 3 rings (SSSR count). The van der Waals surface area contributed by atoms with E-state index in [4.69, 9.17) is 4.74 Å². The fourth-order valence-corrected chi connectivity index (χ4v) is 2.80. The van der Waals surface area contributed by atoms with E-state index in [2.05, 4.69) is 15.6 Å². The summed E-state index contributed by atoms with van der Waals surface area (Å²) in [6, 6.07) is 12.5. The first-order valence-corrected chi connectivity index (χ1v) is 8.55. The van der Waals surface area contributed by atoms with Gasteiger partial charge in [0.1, 0.15) is 12.4 Å². The van der Waals surface area contributed by atoms with Crippen LogP contribution >= 0.6 is 0 Å². The van der Waals surface area contributed by atoms with Gasteiger partial charge in [0, 0.05) is 32.3 Å². The Bertz CT molecular complexity index is 766. The number of carbonyl (C=O) groups excluding carboxylic acids is 2. The van der Waals surface area contributed by atoms with E-state index in [0.29, 0.717) is 37.4 Å². The van der Waals surface area contributed by atoms with Gasteiger partial charge in [-0.3, -0.25) is 9.78 Å². The molecule has 2 N–H and O–H groups in total. The average molecular weight is 354 g/mol. The lowest BCUT2D eigenvalue weighted by Gasteiger charge is -2.30. The molecule has 7 nitrogen and oxygen atoms in total. The molecule has 1 fully saturated rings. The third-order valence-corrected chi connectivity index (χ3v) is 4.20. The first-order chi connectivity index (χ1) is 12.6. The maximum atomic E-state index is 12.3. The van der Waals surface area contributed by atoms with Crippen molar-refractivity contribution in [2.45, 2.75) is 25.5 Å². The second-order valence-corrected chi connectivity index (χ2v) is 6.21. The molecule has 1 saturated heterocycles. The summed E-state index contributed by atoms with van der Waals surface area (Å²) < 4.78 is 5.79. The highest BCUT2D eigenvalue weighted by atomic mass is 16.5. The smallest absolute Gasteiger partial charge is 0.319 e. The fraction of sp³-hybridized carbons (Fsp3) is 0.316. The van der Waals surface area contributed by atoms with Crippen molar-refractivity contribution in [2.24, 2.45) is 0 Å². The van der Waals surface area contributed by atoms with Crippen molar-refractivity contribution in [1.29, 1.82) is 0 Å². The standard InChI is InChI=1S/C19H22N4O3/c1-23-12-14(9-10-18(23)24)21-19(25)22-16-7-2-3-8-17(16)26-13-15-6-4-5-11-20-15/h2-8,11,14H,9-10,12-13H2,1H3,(H2,21,22,25). The van der Waals surface area contributed by atoms with Crippen molar-refractivity contribution in [3.05, 3.63) is 54.4 Å². The SMILES string of the molecule is CN1CC(NC(=O)Nc2ccccc2OCc2ccccn2)CCC1=O. The zero-order valence-corrected chi connectivity index (χ0v) is 14.6. The van der Waals surface area contributed by atoms with Gasteiger partial charge in [-0.1, -0.05) is 18.2 Å². The number of likely N-dealkylation sites (tertiary alicyclic amines) is 1. The molecule has 26 heavy (non-hydrogen) atoms. The van der Waals surface area contributed by atoms with Gasteiger partial charge in [0.05, 0.1) is 11.4 Å². The topological polar surface area (TPSA) is 83.6 Å². The first-order valence-electron chi connectivity index (χ1n) is 8.55. The van der Waals surface area contributed by atoms with Crippen LogP contribution in [-0.4, -0.2) is 41.5 Å². The number of para-hydroxylation sites is 2. The van der Waals surface area contributed by atoms with E-state index < -0.39 is 0 Å². The Hall–Kier alpha value is -3.09. The molecule has 2 aromatic rings. The number of aromatic nitrogens is 1. The van der Waals surface area contributed by atoms with E-state index in [-0.39, 0.29) is 18.0 Å². The van der Waals surface area contributed by atoms with Crippen LogP contribution in [0.1, 0.15) is 18.5 Å². The predicted molar refractivity (Wildman–Crippen MR) is 97.8 cm³/mol. The molecule has 1 aliphatic rings. The number of piperidine rings is 1. The summed E-state index contributed by atoms with van der Waals surface area (Å²) in [5, 5.41) is 5.73. The fourth-order valence-electron chi connectivity index (χ4n) is 2.80. The van der Waals surface area contributed by atoms with Crippen molar-refractivity contribution < 1.29 is 14.3 Å². The van der Waals surface area contributed by atoms with E-state index >= 15 is 0 Å². The van der Waals surface area contributed by atoms with E-state index in [0.717, 1.165) is 5.69 Å². The summed E-state index contributed by atoms with van der Waals surface area (Å²) in [5.74, 6) is 0.681. The number of pyridine rings is 1. The monoisotopic (exact) mass is 354 g/mol. The van der Waals surface area contributed by atoms with E-state index in [1.165, 1.54) is 0 Å². The van der Waals surface area contributed by atoms with Crippen LogP contribution in [0.3, 0.4) is 0 Å². The number of carbonyl (C=O) groups is 2. The number of benzene rings is 1. The van der Waals surface area contributed by atoms with E-state index in [1.807, 2.05) is 30.3 Å². The molecule has 7 heteroatoms. The summed E-state index contributed by atoms with van der Waals surface area (Å²) in [4.78, 5) is 29.7. The Morgan fingerprint density at radius 2 is 2.08 bits per heavy atom. The van der Waals surface area contributed by atoms with E-state index in [9.17, 15) is 9.59 Å². The van der Waals surface area contributed by atoms with Gasteiger partial charge in [0.2, 0.25) is 5.91 Å². The Labute approximate surface area is 152 Å². The highest BCUT2D eigenvalue weighted by molar-refractivity contribution is 5.91. The molecule has 1 atom stereocenters. The van der Waals surface area contributed by atoms with Crippen LogP contribution in [0.25, 0.3) is 0 Å². The molecule has 3 amide bonds. The lowest BCUT2D eigenvalue weighted by atomic mass is 10.1. The normalized spacial score (nSPS) is 16.9. The minimum atomic E-state index is -0.313. The van der Waals surface area contributed by atoms with Crippen LogP contribution in [0.2, 0.25) is 0 Å². The van der Waals surface area contributed by atoms with Gasteiger partial charge >= 0.3 is 6.03 Å². The molecular formula is C19H22N4O3. The van der Waals surface area contributed by atoms with Crippen LogP contribution < -0.4 is 15.4 Å². The van der Waals surface area contributed by atoms with Crippen molar-refractivity contribution in [3.8, 4) is 5.75 Å². The third-order valence-electron chi connectivity index (χ3n) is 4.20. The van der Waals surface area contributed by atoms with Gasteiger partial charge in [-0.15, -0.1) is 0 Å². The quantitative estimate of drug-likeness (QED) is 0.864. The van der Waals surface area contributed by atoms with Crippen molar-refractivity contribution >= 4 is 17.6 Å². The summed E-state index contributed by atoms with van der Waals surface area (Å²) in [6.07, 6.45) is 2.81. The molecule has 1 aromatic carbocycles. The van der Waals surface area contributed by atoms with Crippen LogP contribution in [0.15, 0.2) is 48.7 Å². The minimum Gasteiger partial charge on any atom is -0.485 e. The molecule has 0 saturated carbocycles. The van der Waals surface area contributed by atoms with Crippen LogP contribution in [0.4, 0.5) is 10.5 Å². The number of rotatable bonds is 5. The lowest BCUT2D eigenvalue weighted by molar-refractivity contribution is -0.132. The van der Waals surface area contributed by atoms with Crippen LogP contribution in [0.5, 0.6) is 5.75 Å². The Morgan fingerprint density at radius 3 is 2.85 bits per heavy atom. The second-order valence-electron chi connectivity index (χ2n) is 6.21. The molecule has 0 radical (unpaired) electrons. The average Bonchev–Trinajstić information content (AvgIpc) is 2.65. The van der Waals surface area contributed by atoms with Gasteiger partial charge in [-0.05, 0) is 30.7 Å². The van der Waals surface area contributed by atoms with E-state index in [1.54, 1.807) is 30.3 Å². The molecule has 136 valence electrons.